The van der Waals surface area contributed by atoms with E-state index >= 15 is 0 Å². The van der Waals surface area contributed by atoms with Gasteiger partial charge in [-0.1, -0.05) is 44.6 Å². The van der Waals surface area contributed by atoms with E-state index in [1.165, 1.54) is 11.0 Å². The Bertz CT molecular complexity index is 1060. The minimum Gasteiger partial charge on any atom is -0.301 e. The fraction of sp³-hybridized carbons (Fsp3) is 0.423. The van der Waals surface area contributed by atoms with Gasteiger partial charge in [-0.25, -0.2) is 0 Å². The first-order chi connectivity index (χ1) is 16.0. The molecule has 1 amide bonds. The van der Waals surface area contributed by atoms with Crippen molar-refractivity contribution >= 4 is 25.9 Å². The van der Waals surface area contributed by atoms with Crippen LogP contribution in [-0.2, 0) is 17.5 Å². The van der Waals surface area contributed by atoms with E-state index in [0.29, 0.717) is 12.1 Å². The number of benzene rings is 2. The van der Waals surface area contributed by atoms with Gasteiger partial charge < -0.3 is 4.90 Å². The third-order valence-electron chi connectivity index (χ3n) is 5.79. The van der Waals surface area contributed by atoms with Crippen LogP contribution in [0.5, 0.6) is 0 Å². The highest BCUT2D eigenvalue weighted by Gasteiger charge is 2.34. The van der Waals surface area contributed by atoms with E-state index in [-0.39, 0.29) is 17.8 Å². The predicted molar refractivity (Wildman–Crippen MR) is 134 cm³/mol. The summed E-state index contributed by atoms with van der Waals surface area (Å²) in [6.45, 7) is 12.8. The largest absolute Gasteiger partial charge is 0.416 e. The van der Waals surface area contributed by atoms with E-state index in [4.69, 9.17) is 0 Å². The van der Waals surface area contributed by atoms with Crippen LogP contribution in [0.2, 0.25) is 19.6 Å². The molecule has 34 heavy (non-hydrogen) atoms. The smallest absolute Gasteiger partial charge is 0.301 e. The second-order valence-corrected chi connectivity index (χ2v) is 14.3. The molecule has 4 nitrogen and oxygen atoms in total. The predicted octanol–water partition coefficient (Wildman–Crippen LogP) is 5.37. The summed E-state index contributed by atoms with van der Waals surface area (Å²) in [5.41, 5.74) is 4.17. The van der Waals surface area contributed by atoms with Gasteiger partial charge in [0.15, 0.2) is 0 Å². The molecular weight excluding hydrogens is 455 g/mol. The monoisotopic (exact) mass is 487 g/mol. The van der Waals surface area contributed by atoms with Gasteiger partial charge in [-0.05, 0) is 42.4 Å². The van der Waals surface area contributed by atoms with Gasteiger partial charge in [0.25, 0.3) is 0 Å². The first kappa shape index (κ1) is 26.0. The second-order valence-electron chi connectivity index (χ2n) is 9.58. The maximum atomic E-state index is 14.0. The molecule has 0 atom stereocenters. The van der Waals surface area contributed by atoms with Gasteiger partial charge in [-0.3, -0.25) is 14.6 Å². The number of anilines is 2. The molecule has 3 rings (SSSR count). The number of piperazine rings is 1. The topological polar surface area (TPSA) is 26.8 Å². The molecule has 0 bridgehead atoms. The first-order valence-corrected chi connectivity index (χ1v) is 15.0. The summed E-state index contributed by atoms with van der Waals surface area (Å²) in [5, 5.41) is 0. The maximum Gasteiger partial charge on any atom is 0.416 e. The molecule has 2 aromatic rings. The molecule has 0 aliphatic carbocycles. The fourth-order valence-corrected chi connectivity index (χ4v) is 4.40. The first-order valence-electron chi connectivity index (χ1n) is 11.5. The summed E-state index contributed by atoms with van der Waals surface area (Å²) in [5.74, 6) is 3.13. The number of nitrogens with zero attached hydrogens (tertiary/aromatic N) is 3. The Kier molecular flexibility index (Phi) is 8.24. The molecule has 0 saturated carbocycles. The average molecular weight is 488 g/mol. The molecular formula is C26H32F3N3OSi. The molecule has 182 valence electrons. The van der Waals surface area contributed by atoms with Gasteiger partial charge in [-0.2, -0.15) is 13.2 Å². The van der Waals surface area contributed by atoms with Gasteiger partial charge in [0.2, 0.25) is 6.41 Å². The van der Waals surface area contributed by atoms with Crippen molar-refractivity contribution in [1.82, 2.24) is 9.80 Å². The van der Waals surface area contributed by atoms with Crippen molar-refractivity contribution in [2.45, 2.75) is 39.3 Å². The number of alkyl halides is 3. The summed E-state index contributed by atoms with van der Waals surface area (Å²) >= 11 is 0. The minimum absolute atomic E-state index is 0.178. The molecule has 0 unspecified atom stereocenters. The van der Waals surface area contributed by atoms with Crippen LogP contribution in [0.25, 0.3) is 0 Å². The van der Waals surface area contributed by atoms with Gasteiger partial charge in [0.1, 0.15) is 8.07 Å². The van der Waals surface area contributed by atoms with Crippen LogP contribution >= 0.6 is 0 Å². The number of hydrogen-bond acceptors (Lipinski definition) is 3. The third-order valence-corrected chi connectivity index (χ3v) is 6.67. The summed E-state index contributed by atoms with van der Waals surface area (Å²) < 4.78 is 42.0. The number of hydrogen-bond donors (Lipinski definition) is 0. The van der Waals surface area contributed by atoms with Crippen LogP contribution < -0.4 is 4.90 Å². The summed E-state index contributed by atoms with van der Waals surface area (Å²) in [7, 11) is -1.59. The van der Waals surface area contributed by atoms with Crippen LogP contribution in [0.3, 0.4) is 0 Å². The zero-order valence-corrected chi connectivity index (χ0v) is 21.2. The Morgan fingerprint density at radius 2 is 1.65 bits per heavy atom. The molecule has 0 spiro atoms. The van der Waals surface area contributed by atoms with Gasteiger partial charge in [-0.15, -0.1) is 5.54 Å². The SMILES string of the molecule is CCN1CCN(Cc2ccc(N(C=O)c3cccc(C#C[Si](C)(C)C)c3)cc2C(F)(F)F)CC1. The van der Waals surface area contributed by atoms with Crippen LogP contribution in [-0.4, -0.2) is 57.0 Å². The lowest BCUT2D eigenvalue weighted by atomic mass is 10.0. The van der Waals surface area contributed by atoms with Gasteiger partial charge in [0, 0.05) is 49.7 Å². The lowest BCUT2D eigenvalue weighted by Crippen LogP contribution is -2.45. The molecule has 1 saturated heterocycles. The van der Waals surface area contributed by atoms with Crippen molar-refractivity contribution in [2.24, 2.45) is 0 Å². The van der Waals surface area contributed by atoms with E-state index in [1.807, 2.05) is 6.07 Å². The normalized spacial score (nSPS) is 15.5. The third kappa shape index (κ3) is 6.95. The summed E-state index contributed by atoms with van der Waals surface area (Å²) in [6.07, 6.45) is -3.97. The molecule has 0 radical (unpaired) electrons. The Balaban J connectivity index is 1.90. The van der Waals surface area contributed by atoms with E-state index < -0.39 is 19.8 Å². The minimum atomic E-state index is -4.52. The van der Waals surface area contributed by atoms with Crippen LogP contribution in [0.4, 0.5) is 24.5 Å². The number of amides is 1. The highest BCUT2D eigenvalue weighted by molar-refractivity contribution is 6.83. The Labute approximate surface area is 201 Å². The Morgan fingerprint density at radius 3 is 2.24 bits per heavy atom. The Morgan fingerprint density at radius 1 is 1.00 bits per heavy atom. The van der Waals surface area contributed by atoms with Crippen molar-refractivity contribution in [2.75, 3.05) is 37.6 Å². The molecule has 0 aromatic heterocycles. The molecule has 0 N–H and O–H groups in total. The van der Waals surface area contributed by atoms with E-state index in [1.54, 1.807) is 24.3 Å². The van der Waals surface area contributed by atoms with Gasteiger partial charge >= 0.3 is 6.18 Å². The Hall–Kier alpha value is -2.60. The van der Waals surface area contributed by atoms with Crippen molar-refractivity contribution < 1.29 is 18.0 Å². The highest BCUT2D eigenvalue weighted by Crippen LogP contribution is 2.36. The van der Waals surface area contributed by atoms with Gasteiger partial charge in [0.05, 0.1) is 5.56 Å². The molecule has 1 aliphatic rings. The number of carbonyl (C=O) groups is 1. The zero-order valence-electron chi connectivity index (χ0n) is 20.2. The van der Waals surface area contributed by atoms with Crippen molar-refractivity contribution in [3.63, 3.8) is 0 Å². The lowest BCUT2D eigenvalue weighted by Gasteiger charge is -2.34. The lowest BCUT2D eigenvalue weighted by molar-refractivity contribution is -0.138. The molecule has 1 fully saturated rings. The van der Waals surface area contributed by atoms with E-state index in [2.05, 4.69) is 47.8 Å². The summed E-state index contributed by atoms with van der Waals surface area (Å²) in [6, 6.07) is 11.2. The van der Waals surface area contributed by atoms with Crippen molar-refractivity contribution in [3.8, 4) is 11.5 Å². The molecule has 1 aliphatic heterocycles. The van der Waals surface area contributed by atoms with Crippen molar-refractivity contribution in [1.29, 1.82) is 0 Å². The second kappa shape index (κ2) is 10.8. The highest BCUT2D eigenvalue weighted by atomic mass is 28.3. The molecule has 1 heterocycles. The fourth-order valence-electron chi connectivity index (χ4n) is 3.88. The quantitative estimate of drug-likeness (QED) is 0.312. The molecule has 2 aromatic carbocycles. The van der Waals surface area contributed by atoms with Crippen molar-refractivity contribution in [3.05, 3.63) is 59.2 Å². The maximum absolute atomic E-state index is 14.0. The van der Waals surface area contributed by atoms with Crippen LogP contribution in [0.1, 0.15) is 23.6 Å². The number of halogens is 3. The van der Waals surface area contributed by atoms with Crippen LogP contribution in [0.15, 0.2) is 42.5 Å². The van der Waals surface area contributed by atoms with E-state index in [9.17, 15) is 18.0 Å². The number of rotatable bonds is 6. The van der Waals surface area contributed by atoms with Crippen LogP contribution in [0, 0.1) is 11.5 Å². The summed E-state index contributed by atoms with van der Waals surface area (Å²) in [4.78, 5) is 17.5. The average Bonchev–Trinajstić information content (AvgIpc) is 2.79. The zero-order chi connectivity index (χ0) is 24.9. The number of carbonyl (C=O) groups excluding carboxylic acids is 1. The standard InChI is InChI=1S/C26H32F3N3OSi/c1-5-30-12-14-31(15-13-30)19-22-9-10-24(18-25(22)26(27,28)29)32(20-33)23-8-6-7-21(17-23)11-16-34(2,3)4/h6-10,17-18,20H,5,12-15,19H2,1-4H3. The van der Waals surface area contributed by atoms with E-state index in [0.717, 1.165) is 44.4 Å². The molecule has 8 heteroatoms. The number of likely N-dealkylation sites (N-methyl/N-ethyl adjacent to an activating group) is 1.